The van der Waals surface area contributed by atoms with E-state index in [2.05, 4.69) is 20.3 Å². The van der Waals surface area contributed by atoms with E-state index in [-0.39, 0.29) is 24.7 Å². The number of benzene rings is 1. The van der Waals surface area contributed by atoms with Crippen LogP contribution < -0.4 is 5.32 Å². The minimum atomic E-state index is -0.334. The standard InChI is InChI=1S/C17H13FN4O2S/c18-10-3-4-12-13(6-10)22-15(21-12)8-19-16(23)7-11-9-24-17(20-11)14-2-1-5-25-14/h1-6,9H,7-8H2,(H,19,23)(H,21,22). The number of H-pyrrole nitrogens is 1. The molecule has 0 bridgehead atoms. The molecule has 8 heteroatoms. The van der Waals surface area contributed by atoms with Gasteiger partial charge < -0.3 is 14.7 Å². The number of halogens is 1. The fraction of sp³-hybridized carbons (Fsp3) is 0.118. The van der Waals surface area contributed by atoms with Crippen LogP contribution in [0.25, 0.3) is 21.8 Å². The summed E-state index contributed by atoms with van der Waals surface area (Å²) in [5.41, 5.74) is 1.82. The van der Waals surface area contributed by atoms with Crippen LogP contribution in [0.5, 0.6) is 0 Å². The second-order valence-corrected chi connectivity index (χ2v) is 6.37. The number of carbonyl (C=O) groups excluding carboxylic acids is 1. The number of amides is 1. The van der Waals surface area contributed by atoms with Crippen LogP contribution in [-0.4, -0.2) is 20.9 Å². The molecule has 3 heterocycles. The maximum absolute atomic E-state index is 13.2. The number of carbonyl (C=O) groups is 1. The zero-order valence-corrected chi connectivity index (χ0v) is 13.8. The molecule has 4 aromatic rings. The van der Waals surface area contributed by atoms with Crippen molar-refractivity contribution in [2.75, 3.05) is 0 Å². The molecular weight excluding hydrogens is 343 g/mol. The van der Waals surface area contributed by atoms with Gasteiger partial charge >= 0.3 is 0 Å². The van der Waals surface area contributed by atoms with Crippen LogP contribution in [0.2, 0.25) is 0 Å². The number of aromatic amines is 1. The van der Waals surface area contributed by atoms with E-state index in [1.54, 1.807) is 6.07 Å². The van der Waals surface area contributed by atoms with Crippen molar-refractivity contribution in [3.63, 3.8) is 0 Å². The molecule has 126 valence electrons. The largest absolute Gasteiger partial charge is 0.444 e. The third-order valence-electron chi connectivity index (χ3n) is 3.57. The van der Waals surface area contributed by atoms with Crippen molar-refractivity contribution in [2.45, 2.75) is 13.0 Å². The van der Waals surface area contributed by atoms with Gasteiger partial charge in [0.1, 0.15) is 17.9 Å². The SMILES string of the molecule is O=C(Cc1coc(-c2cccs2)n1)NCc1nc2ccc(F)cc2[nH]1. The van der Waals surface area contributed by atoms with Crippen LogP contribution in [0.1, 0.15) is 11.5 Å². The number of fused-ring (bicyclic) bond motifs is 1. The number of hydrogen-bond donors (Lipinski definition) is 2. The number of rotatable bonds is 5. The summed E-state index contributed by atoms with van der Waals surface area (Å²) in [5.74, 6) is 0.544. The number of nitrogens with one attached hydrogen (secondary N) is 2. The van der Waals surface area contributed by atoms with E-state index in [1.165, 1.54) is 29.7 Å². The summed E-state index contributed by atoms with van der Waals surface area (Å²) in [6.45, 7) is 0.227. The van der Waals surface area contributed by atoms with Gasteiger partial charge in [0, 0.05) is 0 Å². The highest BCUT2D eigenvalue weighted by molar-refractivity contribution is 7.13. The summed E-state index contributed by atoms with van der Waals surface area (Å²) in [4.78, 5) is 24.6. The molecule has 0 fully saturated rings. The molecule has 3 aromatic heterocycles. The van der Waals surface area contributed by atoms with Crippen LogP contribution >= 0.6 is 11.3 Å². The third kappa shape index (κ3) is 3.43. The van der Waals surface area contributed by atoms with E-state index < -0.39 is 0 Å². The van der Waals surface area contributed by atoms with Gasteiger partial charge in [0.2, 0.25) is 11.8 Å². The summed E-state index contributed by atoms with van der Waals surface area (Å²) in [6, 6.07) is 8.13. The number of aromatic nitrogens is 3. The van der Waals surface area contributed by atoms with Crippen LogP contribution in [-0.2, 0) is 17.8 Å². The van der Waals surface area contributed by atoms with E-state index in [0.717, 1.165) is 4.88 Å². The van der Waals surface area contributed by atoms with E-state index in [9.17, 15) is 9.18 Å². The lowest BCUT2D eigenvalue weighted by Crippen LogP contribution is -2.25. The Balaban J connectivity index is 1.37. The van der Waals surface area contributed by atoms with Gasteiger partial charge in [-0.2, -0.15) is 0 Å². The molecule has 0 spiro atoms. The predicted molar refractivity (Wildman–Crippen MR) is 91.4 cm³/mol. The Kier molecular flexibility index (Phi) is 4.02. The molecule has 1 amide bonds. The summed E-state index contributed by atoms with van der Waals surface area (Å²) >= 11 is 1.52. The minimum absolute atomic E-state index is 0.115. The third-order valence-corrected chi connectivity index (χ3v) is 4.43. The van der Waals surface area contributed by atoms with Crippen molar-refractivity contribution in [1.29, 1.82) is 0 Å². The molecule has 25 heavy (non-hydrogen) atoms. The Morgan fingerprint density at radius 3 is 3.08 bits per heavy atom. The van der Waals surface area contributed by atoms with E-state index >= 15 is 0 Å². The van der Waals surface area contributed by atoms with Crippen molar-refractivity contribution >= 4 is 28.3 Å². The normalized spacial score (nSPS) is 11.1. The monoisotopic (exact) mass is 356 g/mol. The summed E-state index contributed by atoms with van der Waals surface area (Å²) in [6.07, 6.45) is 1.60. The fourth-order valence-corrected chi connectivity index (χ4v) is 3.08. The Labute approximate surface area is 145 Å². The molecule has 0 aliphatic carbocycles. The number of thiophene rings is 1. The van der Waals surface area contributed by atoms with Gasteiger partial charge in [-0.05, 0) is 29.6 Å². The van der Waals surface area contributed by atoms with Gasteiger partial charge in [-0.1, -0.05) is 6.07 Å². The Hall–Kier alpha value is -3.00. The van der Waals surface area contributed by atoms with Crippen molar-refractivity contribution in [1.82, 2.24) is 20.3 Å². The highest BCUT2D eigenvalue weighted by atomic mass is 32.1. The molecular formula is C17H13FN4O2S. The van der Waals surface area contributed by atoms with E-state index in [0.29, 0.717) is 28.4 Å². The van der Waals surface area contributed by atoms with Gasteiger partial charge in [-0.3, -0.25) is 4.79 Å². The van der Waals surface area contributed by atoms with Gasteiger partial charge in [0.25, 0.3) is 0 Å². The first-order valence-electron chi connectivity index (χ1n) is 7.56. The smallest absolute Gasteiger partial charge is 0.236 e. The molecule has 4 rings (SSSR count). The van der Waals surface area contributed by atoms with E-state index in [4.69, 9.17) is 4.42 Å². The maximum Gasteiger partial charge on any atom is 0.236 e. The molecule has 0 unspecified atom stereocenters. The Morgan fingerprint density at radius 2 is 2.24 bits per heavy atom. The van der Waals surface area contributed by atoms with Crippen LogP contribution in [0.4, 0.5) is 4.39 Å². The number of nitrogens with zero attached hydrogens (tertiary/aromatic N) is 2. The molecule has 1 aromatic carbocycles. The summed E-state index contributed by atoms with van der Waals surface area (Å²) in [7, 11) is 0. The number of imidazole rings is 1. The predicted octanol–water partition coefficient (Wildman–Crippen LogP) is 3.28. The fourth-order valence-electron chi connectivity index (χ4n) is 2.43. The first-order valence-corrected chi connectivity index (χ1v) is 8.44. The Bertz CT molecular complexity index is 1020. The van der Waals surface area contributed by atoms with Crippen molar-refractivity contribution in [2.24, 2.45) is 0 Å². The zero-order valence-electron chi connectivity index (χ0n) is 13.0. The highest BCUT2D eigenvalue weighted by Crippen LogP contribution is 2.23. The first-order chi connectivity index (χ1) is 12.2. The second kappa shape index (κ2) is 6.48. The van der Waals surface area contributed by atoms with Crippen molar-refractivity contribution in [3.05, 3.63) is 59.3 Å². The molecule has 0 atom stereocenters. The number of oxazole rings is 1. The lowest BCUT2D eigenvalue weighted by atomic mass is 10.3. The van der Waals surface area contributed by atoms with Gasteiger partial charge in [0.05, 0.1) is 34.6 Å². The Morgan fingerprint density at radius 1 is 1.32 bits per heavy atom. The molecule has 6 nitrogen and oxygen atoms in total. The molecule has 2 N–H and O–H groups in total. The van der Waals surface area contributed by atoms with Crippen LogP contribution in [0, 0.1) is 5.82 Å². The average molecular weight is 356 g/mol. The lowest BCUT2D eigenvalue weighted by Gasteiger charge is -2.00. The number of hydrogen-bond acceptors (Lipinski definition) is 5. The van der Waals surface area contributed by atoms with E-state index in [1.807, 2.05) is 17.5 Å². The maximum atomic E-state index is 13.2. The highest BCUT2D eigenvalue weighted by Gasteiger charge is 2.12. The lowest BCUT2D eigenvalue weighted by molar-refractivity contribution is -0.120. The summed E-state index contributed by atoms with van der Waals surface area (Å²) < 4.78 is 18.6. The van der Waals surface area contributed by atoms with Crippen LogP contribution in [0.3, 0.4) is 0 Å². The summed E-state index contributed by atoms with van der Waals surface area (Å²) in [5, 5.41) is 4.70. The molecule has 0 aliphatic heterocycles. The van der Waals surface area contributed by atoms with Gasteiger partial charge in [-0.15, -0.1) is 11.3 Å². The first kappa shape index (κ1) is 15.5. The molecule has 0 aliphatic rings. The molecule has 0 saturated carbocycles. The average Bonchev–Trinajstić information content (AvgIpc) is 3.32. The van der Waals surface area contributed by atoms with Crippen molar-refractivity contribution in [3.8, 4) is 10.8 Å². The van der Waals surface area contributed by atoms with Gasteiger partial charge in [-0.25, -0.2) is 14.4 Å². The molecule has 0 radical (unpaired) electrons. The quantitative estimate of drug-likeness (QED) is 0.575. The minimum Gasteiger partial charge on any atom is -0.444 e. The topological polar surface area (TPSA) is 83.8 Å². The molecule has 0 saturated heterocycles. The van der Waals surface area contributed by atoms with Crippen molar-refractivity contribution < 1.29 is 13.6 Å². The second-order valence-electron chi connectivity index (χ2n) is 5.42. The zero-order chi connectivity index (χ0) is 17.2. The van der Waals surface area contributed by atoms with Gasteiger partial charge in [0.15, 0.2) is 0 Å². The van der Waals surface area contributed by atoms with Crippen LogP contribution in [0.15, 0.2) is 46.4 Å².